The summed E-state index contributed by atoms with van der Waals surface area (Å²) in [6.45, 7) is 3.88. The van der Waals surface area contributed by atoms with Crippen molar-refractivity contribution in [1.29, 1.82) is 0 Å². The number of anilines is 1. The quantitative estimate of drug-likeness (QED) is 0.920. The Morgan fingerprint density at radius 1 is 1.30 bits per heavy atom. The van der Waals surface area contributed by atoms with Gasteiger partial charge in [0.05, 0.1) is 23.5 Å². The van der Waals surface area contributed by atoms with E-state index in [4.69, 9.17) is 4.74 Å². The molecule has 0 spiro atoms. The number of hydrogen-bond acceptors (Lipinski definition) is 4. The van der Waals surface area contributed by atoms with E-state index in [1.807, 2.05) is 13.8 Å². The van der Waals surface area contributed by atoms with Gasteiger partial charge < -0.3 is 10.1 Å². The average Bonchev–Trinajstić information content (AvgIpc) is 2.72. The molecular weight excluding hydrogens is 278 g/mol. The monoisotopic (exact) mass is 297 g/mol. The van der Waals surface area contributed by atoms with Crippen molar-refractivity contribution in [2.75, 3.05) is 16.8 Å². The second-order valence-corrected chi connectivity index (χ2v) is 7.51. The van der Waals surface area contributed by atoms with Gasteiger partial charge in [-0.25, -0.2) is 8.42 Å². The molecule has 1 N–H and O–H groups in total. The highest BCUT2D eigenvalue weighted by atomic mass is 32.2. The molecule has 2 rings (SSSR count). The van der Waals surface area contributed by atoms with Crippen molar-refractivity contribution in [3.05, 3.63) is 24.3 Å². The van der Waals surface area contributed by atoms with E-state index in [9.17, 15) is 13.2 Å². The smallest absolute Gasteiger partial charge is 0.228 e. The molecule has 1 heterocycles. The van der Waals surface area contributed by atoms with E-state index >= 15 is 0 Å². The van der Waals surface area contributed by atoms with Gasteiger partial charge in [-0.05, 0) is 44.5 Å². The maximum absolute atomic E-state index is 12.0. The van der Waals surface area contributed by atoms with Gasteiger partial charge in [0.15, 0.2) is 9.84 Å². The fourth-order valence-corrected chi connectivity index (χ4v) is 3.88. The summed E-state index contributed by atoms with van der Waals surface area (Å²) in [6, 6.07) is 7.06. The number of ether oxygens (including phenoxy) is 1. The highest BCUT2D eigenvalue weighted by Gasteiger charge is 2.32. The average molecular weight is 297 g/mol. The molecule has 1 fully saturated rings. The lowest BCUT2D eigenvalue weighted by Crippen LogP contribution is -2.23. The number of rotatable bonds is 4. The molecule has 1 aliphatic rings. The second-order valence-electron chi connectivity index (χ2n) is 5.28. The van der Waals surface area contributed by atoms with Crippen LogP contribution in [0.5, 0.6) is 5.75 Å². The number of hydrogen-bond donors (Lipinski definition) is 1. The fourth-order valence-electron chi connectivity index (χ4n) is 2.14. The highest BCUT2D eigenvalue weighted by Crippen LogP contribution is 2.22. The van der Waals surface area contributed by atoms with Gasteiger partial charge in [-0.2, -0.15) is 0 Å². The standard InChI is InChI=1S/C14H19NO4S/c1-10(2)19-13-5-3-12(4-6-13)15-14(16)11-7-8-20(17,18)9-11/h3-6,10-11H,7-9H2,1-2H3,(H,15,16). The lowest BCUT2D eigenvalue weighted by molar-refractivity contribution is -0.119. The van der Waals surface area contributed by atoms with Crippen LogP contribution in [0.3, 0.4) is 0 Å². The van der Waals surface area contributed by atoms with Gasteiger partial charge in [0, 0.05) is 5.69 Å². The van der Waals surface area contributed by atoms with Crippen LogP contribution >= 0.6 is 0 Å². The molecule has 1 saturated heterocycles. The minimum Gasteiger partial charge on any atom is -0.491 e. The number of benzene rings is 1. The Kier molecular flexibility index (Phi) is 4.32. The van der Waals surface area contributed by atoms with E-state index in [1.165, 1.54) is 0 Å². The Hall–Kier alpha value is -1.56. The first-order valence-corrected chi connectivity index (χ1v) is 8.46. The molecule has 0 radical (unpaired) electrons. The van der Waals surface area contributed by atoms with Gasteiger partial charge in [-0.1, -0.05) is 0 Å². The van der Waals surface area contributed by atoms with Crippen LogP contribution in [0.15, 0.2) is 24.3 Å². The Bertz CT molecular complexity index is 578. The highest BCUT2D eigenvalue weighted by molar-refractivity contribution is 7.91. The van der Waals surface area contributed by atoms with E-state index in [2.05, 4.69) is 5.32 Å². The summed E-state index contributed by atoms with van der Waals surface area (Å²) >= 11 is 0. The van der Waals surface area contributed by atoms with Crippen LogP contribution < -0.4 is 10.1 Å². The third kappa shape index (κ3) is 3.96. The topological polar surface area (TPSA) is 72.5 Å². The molecule has 6 heteroatoms. The Labute approximate surface area is 119 Å². The summed E-state index contributed by atoms with van der Waals surface area (Å²) in [5, 5.41) is 2.74. The molecule has 1 aliphatic heterocycles. The summed E-state index contributed by atoms with van der Waals surface area (Å²) < 4.78 is 28.2. The molecule has 1 unspecified atom stereocenters. The zero-order chi connectivity index (χ0) is 14.8. The number of sulfone groups is 1. The lowest BCUT2D eigenvalue weighted by atomic mass is 10.1. The molecule has 20 heavy (non-hydrogen) atoms. The largest absolute Gasteiger partial charge is 0.491 e. The van der Waals surface area contributed by atoms with Crippen LogP contribution in [0.4, 0.5) is 5.69 Å². The van der Waals surface area contributed by atoms with E-state index in [0.717, 1.165) is 5.75 Å². The summed E-state index contributed by atoms with van der Waals surface area (Å²) in [4.78, 5) is 12.0. The fraction of sp³-hybridized carbons (Fsp3) is 0.500. The van der Waals surface area contributed by atoms with Crippen LogP contribution in [-0.4, -0.2) is 31.9 Å². The summed E-state index contributed by atoms with van der Waals surface area (Å²) in [5.41, 5.74) is 0.649. The Morgan fingerprint density at radius 2 is 1.95 bits per heavy atom. The second kappa shape index (κ2) is 5.83. The van der Waals surface area contributed by atoms with E-state index in [-0.39, 0.29) is 23.5 Å². The van der Waals surface area contributed by atoms with Crippen LogP contribution in [0.25, 0.3) is 0 Å². The molecule has 1 amide bonds. The van der Waals surface area contributed by atoms with E-state index in [1.54, 1.807) is 24.3 Å². The molecular formula is C14H19NO4S. The summed E-state index contributed by atoms with van der Waals surface area (Å²) in [5.74, 6) is 0.122. The molecule has 0 aromatic heterocycles. The van der Waals surface area contributed by atoms with Crippen molar-refractivity contribution in [3.8, 4) is 5.75 Å². The molecule has 0 aliphatic carbocycles. The van der Waals surface area contributed by atoms with Crippen molar-refractivity contribution in [3.63, 3.8) is 0 Å². The van der Waals surface area contributed by atoms with E-state index in [0.29, 0.717) is 12.1 Å². The van der Waals surface area contributed by atoms with Crippen molar-refractivity contribution in [1.82, 2.24) is 0 Å². The molecule has 1 aromatic carbocycles. The van der Waals surface area contributed by atoms with Crippen LogP contribution in [0, 0.1) is 5.92 Å². The molecule has 0 bridgehead atoms. The molecule has 1 aromatic rings. The minimum atomic E-state index is -3.03. The lowest BCUT2D eigenvalue weighted by Gasteiger charge is -2.12. The number of carbonyl (C=O) groups is 1. The molecule has 1 atom stereocenters. The molecule has 0 saturated carbocycles. The Balaban J connectivity index is 1.95. The number of carbonyl (C=O) groups excluding carboxylic acids is 1. The predicted molar refractivity (Wildman–Crippen MR) is 77.6 cm³/mol. The first-order chi connectivity index (χ1) is 9.35. The minimum absolute atomic E-state index is 0.0482. The zero-order valence-electron chi connectivity index (χ0n) is 11.6. The van der Waals surface area contributed by atoms with Crippen LogP contribution in [0.1, 0.15) is 20.3 Å². The number of nitrogens with one attached hydrogen (secondary N) is 1. The van der Waals surface area contributed by atoms with Crippen molar-refractivity contribution >= 4 is 21.4 Å². The van der Waals surface area contributed by atoms with Gasteiger partial charge in [-0.3, -0.25) is 4.79 Å². The first kappa shape index (κ1) is 14.8. The van der Waals surface area contributed by atoms with Gasteiger partial charge in [0.1, 0.15) is 5.75 Å². The predicted octanol–water partition coefficient (Wildman–Crippen LogP) is 1.85. The van der Waals surface area contributed by atoms with E-state index < -0.39 is 15.8 Å². The normalized spacial score (nSPS) is 20.9. The first-order valence-electron chi connectivity index (χ1n) is 6.64. The molecule has 5 nitrogen and oxygen atoms in total. The maximum atomic E-state index is 12.0. The summed E-state index contributed by atoms with van der Waals surface area (Å²) in [7, 11) is -3.03. The van der Waals surface area contributed by atoms with Gasteiger partial charge in [0.25, 0.3) is 0 Å². The van der Waals surface area contributed by atoms with Crippen molar-refractivity contribution in [2.24, 2.45) is 5.92 Å². The van der Waals surface area contributed by atoms with Crippen molar-refractivity contribution < 1.29 is 17.9 Å². The van der Waals surface area contributed by atoms with Crippen LogP contribution in [-0.2, 0) is 14.6 Å². The van der Waals surface area contributed by atoms with Gasteiger partial charge in [0.2, 0.25) is 5.91 Å². The van der Waals surface area contributed by atoms with Gasteiger partial charge in [-0.15, -0.1) is 0 Å². The molecule has 110 valence electrons. The number of amides is 1. The van der Waals surface area contributed by atoms with Gasteiger partial charge >= 0.3 is 0 Å². The third-order valence-electron chi connectivity index (χ3n) is 3.10. The van der Waals surface area contributed by atoms with Crippen LogP contribution in [0.2, 0.25) is 0 Å². The summed E-state index contributed by atoms with van der Waals surface area (Å²) in [6.07, 6.45) is 0.502. The van der Waals surface area contributed by atoms with Crippen molar-refractivity contribution in [2.45, 2.75) is 26.4 Å². The third-order valence-corrected chi connectivity index (χ3v) is 4.86. The SMILES string of the molecule is CC(C)Oc1ccc(NC(=O)C2CCS(=O)(=O)C2)cc1. The Morgan fingerprint density at radius 3 is 2.45 bits per heavy atom. The zero-order valence-corrected chi connectivity index (χ0v) is 12.4. The maximum Gasteiger partial charge on any atom is 0.228 e.